The molecule has 0 bridgehead atoms. The minimum Gasteiger partial charge on any atom is -0.368 e. The Balaban J connectivity index is 1.56. The number of halogens is 1. The molecule has 0 aliphatic carbocycles. The zero-order chi connectivity index (χ0) is 21.0. The van der Waals surface area contributed by atoms with Crippen molar-refractivity contribution in [3.8, 4) is 11.4 Å². The number of nitrogens with one attached hydrogen (secondary N) is 1. The van der Waals surface area contributed by atoms with Crippen LogP contribution >= 0.6 is 0 Å². The van der Waals surface area contributed by atoms with Crippen LogP contribution in [0.3, 0.4) is 0 Å². The lowest BCUT2D eigenvalue weighted by Gasteiger charge is -2.37. The summed E-state index contributed by atoms with van der Waals surface area (Å²) in [5.41, 5.74) is 5.36. The molecule has 3 aromatic heterocycles. The molecule has 0 radical (unpaired) electrons. The normalized spacial score (nSPS) is 19.7. The highest BCUT2D eigenvalue weighted by Gasteiger charge is 2.22. The highest BCUT2D eigenvalue weighted by Crippen LogP contribution is 2.28. The number of benzene rings is 1. The van der Waals surface area contributed by atoms with E-state index in [1.807, 2.05) is 44.3 Å². The Morgan fingerprint density at radius 3 is 2.53 bits per heavy atom. The van der Waals surface area contributed by atoms with Gasteiger partial charge in [0, 0.05) is 36.2 Å². The topological polar surface area (TPSA) is 58.4 Å². The van der Waals surface area contributed by atoms with Crippen LogP contribution in [0.15, 0.2) is 36.5 Å². The van der Waals surface area contributed by atoms with Gasteiger partial charge in [-0.25, -0.2) is 18.9 Å². The summed E-state index contributed by atoms with van der Waals surface area (Å²) in [5, 5.41) is 8.93. The number of anilines is 1. The van der Waals surface area contributed by atoms with Gasteiger partial charge in [0.1, 0.15) is 11.2 Å². The Morgan fingerprint density at radius 1 is 1.00 bits per heavy atom. The summed E-state index contributed by atoms with van der Waals surface area (Å²) < 4.78 is 16.8. The number of nitrogens with zero attached hydrogens (tertiary/aromatic N) is 5. The summed E-state index contributed by atoms with van der Waals surface area (Å²) in [6.07, 6.45) is 1.88. The van der Waals surface area contributed by atoms with Crippen molar-refractivity contribution in [2.24, 2.45) is 0 Å². The van der Waals surface area contributed by atoms with E-state index in [1.165, 1.54) is 0 Å². The molecule has 1 aliphatic heterocycles. The first kappa shape index (κ1) is 18.9. The maximum atomic E-state index is 15.1. The fourth-order valence-electron chi connectivity index (χ4n) is 4.41. The van der Waals surface area contributed by atoms with Crippen molar-refractivity contribution in [3.05, 3.63) is 53.6 Å². The van der Waals surface area contributed by atoms with Gasteiger partial charge in [-0.2, -0.15) is 5.10 Å². The SMILES string of the molecule is Cc1cn2nc(-c3ccc4cc(N5C[C@H](C)N[C@@H](C)C5)cc(F)c4n3)cc(C)c2n1. The molecular formula is C23H25FN6. The van der Waals surface area contributed by atoms with E-state index in [0.29, 0.717) is 29.0 Å². The van der Waals surface area contributed by atoms with Crippen molar-refractivity contribution in [2.45, 2.75) is 39.8 Å². The molecule has 1 N–H and O–H groups in total. The molecule has 1 fully saturated rings. The van der Waals surface area contributed by atoms with E-state index in [1.54, 1.807) is 10.6 Å². The number of fused-ring (bicyclic) bond motifs is 2. The van der Waals surface area contributed by atoms with Gasteiger partial charge in [-0.3, -0.25) is 0 Å². The van der Waals surface area contributed by atoms with Gasteiger partial charge in [0.25, 0.3) is 0 Å². The maximum absolute atomic E-state index is 15.1. The number of piperazine rings is 1. The van der Waals surface area contributed by atoms with E-state index >= 15 is 4.39 Å². The molecule has 30 heavy (non-hydrogen) atoms. The molecule has 154 valence electrons. The van der Waals surface area contributed by atoms with Crippen molar-refractivity contribution in [1.82, 2.24) is 24.9 Å². The number of aryl methyl sites for hydroxylation is 2. The second-order valence-electron chi connectivity index (χ2n) is 8.43. The van der Waals surface area contributed by atoms with Crippen molar-refractivity contribution in [3.63, 3.8) is 0 Å². The molecule has 4 heterocycles. The van der Waals surface area contributed by atoms with Crippen molar-refractivity contribution in [1.29, 1.82) is 0 Å². The molecule has 0 spiro atoms. The fraction of sp³-hybridized carbons (Fsp3) is 0.348. The molecule has 6 nitrogen and oxygen atoms in total. The Kier molecular flexibility index (Phi) is 4.43. The van der Waals surface area contributed by atoms with E-state index in [2.05, 4.69) is 39.1 Å². The summed E-state index contributed by atoms with van der Waals surface area (Å²) in [7, 11) is 0. The third-order valence-corrected chi connectivity index (χ3v) is 5.65. The quantitative estimate of drug-likeness (QED) is 0.549. The average molecular weight is 404 g/mol. The van der Waals surface area contributed by atoms with E-state index in [4.69, 9.17) is 0 Å². The van der Waals surface area contributed by atoms with Crippen LogP contribution in [0.1, 0.15) is 25.1 Å². The molecule has 0 saturated carbocycles. The lowest BCUT2D eigenvalue weighted by atomic mass is 10.1. The number of aromatic nitrogens is 4. The van der Waals surface area contributed by atoms with Crippen LogP contribution in [0.2, 0.25) is 0 Å². The second-order valence-corrected chi connectivity index (χ2v) is 8.43. The third kappa shape index (κ3) is 3.29. The van der Waals surface area contributed by atoms with Crippen LogP contribution in [0, 0.1) is 19.7 Å². The van der Waals surface area contributed by atoms with Gasteiger partial charge in [0.05, 0.1) is 17.6 Å². The second kappa shape index (κ2) is 7.02. The Hall–Kier alpha value is -3.06. The highest BCUT2D eigenvalue weighted by atomic mass is 19.1. The summed E-state index contributed by atoms with van der Waals surface area (Å²) in [5.74, 6) is -0.306. The molecule has 1 aliphatic rings. The molecule has 4 aromatic rings. The zero-order valence-electron chi connectivity index (χ0n) is 17.6. The lowest BCUT2D eigenvalue weighted by Crippen LogP contribution is -2.54. The van der Waals surface area contributed by atoms with Crippen LogP contribution in [0.25, 0.3) is 27.9 Å². The van der Waals surface area contributed by atoms with Gasteiger partial charge < -0.3 is 10.2 Å². The minimum absolute atomic E-state index is 0.306. The molecule has 0 unspecified atom stereocenters. The van der Waals surface area contributed by atoms with E-state index < -0.39 is 0 Å². The van der Waals surface area contributed by atoms with Gasteiger partial charge >= 0.3 is 0 Å². The van der Waals surface area contributed by atoms with Gasteiger partial charge in [-0.15, -0.1) is 0 Å². The number of hydrogen-bond acceptors (Lipinski definition) is 5. The average Bonchev–Trinajstić information content (AvgIpc) is 3.08. The van der Waals surface area contributed by atoms with Crippen LogP contribution in [0.5, 0.6) is 0 Å². The summed E-state index contributed by atoms with van der Waals surface area (Å²) >= 11 is 0. The molecule has 1 aromatic carbocycles. The van der Waals surface area contributed by atoms with Crippen LogP contribution < -0.4 is 10.2 Å². The molecule has 7 heteroatoms. The number of hydrogen-bond donors (Lipinski definition) is 1. The summed E-state index contributed by atoms with van der Waals surface area (Å²) in [6.45, 7) is 9.96. The first-order valence-electron chi connectivity index (χ1n) is 10.3. The standard InChI is InChI=1S/C23H25FN6/c1-13-7-21(28-30-12-16(4)26-23(13)30)20-6-5-17-8-18(9-19(24)22(17)27-20)29-10-14(2)25-15(3)11-29/h5-9,12,14-15,25H,10-11H2,1-4H3/t14-,15-/m0/s1. The van der Waals surface area contributed by atoms with Crippen LogP contribution in [0.4, 0.5) is 10.1 Å². The Morgan fingerprint density at radius 2 is 1.77 bits per heavy atom. The smallest absolute Gasteiger partial charge is 0.156 e. The van der Waals surface area contributed by atoms with Crippen molar-refractivity contribution < 1.29 is 4.39 Å². The minimum atomic E-state index is -0.306. The lowest BCUT2D eigenvalue weighted by molar-refractivity contribution is 0.407. The largest absolute Gasteiger partial charge is 0.368 e. The summed E-state index contributed by atoms with van der Waals surface area (Å²) in [6, 6.07) is 10.1. The highest BCUT2D eigenvalue weighted by molar-refractivity contribution is 5.85. The third-order valence-electron chi connectivity index (χ3n) is 5.65. The molecule has 0 amide bonds. The van der Waals surface area contributed by atoms with Crippen LogP contribution in [-0.2, 0) is 0 Å². The first-order chi connectivity index (χ1) is 14.4. The number of pyridine rings is 1. The Bertz CT molecular complexity index is 1250. The Labute approximate surface area is 174 Å². The van der Waals surface area contributed by atoms with Crippen LogP contribution in [-0.4, -0.2) is 44.8 Å². The number of rotatable bonds is 2. The fourth-order valence-corrected chi connectivity index (χ4v) is 4.41. The predicted octanol–water partition coefficient (Wildman–Crippen LogP) is 3.89. The first-order valence-corrected chi connectivity index (χ1v) is 10.3. The van der Waals surface area contributed by atoms with E-state index in [9.17, 15) is 0 Å². The van der Waals surface area contributed by atoms with Gasteiger partial charge in [0.15, 0.2) is 11.5 Å². The molecule has 5 rings (SSSR count). The van der Waals surface area contributed by atoms with Gasteiger partial charge in [-0.1, -0.05) is 6.07 Å². The molecule has 2 atom stereocenters. The van der Waals surface area contributed by atoms with Gasteiger partial charge in [-0.05, 0) is 57.5 Å². The molecule has 1 saturated heterocycles. The molecular weight excluding hydrogens is 379 g/mol. The van der Waals surface area contributed by atoms with E-state index in [-0.39, 0.29) is 5.82 Å². The maximum Gasteiger partial charge on any atom is 0.156 e. The van der Waals surface area contributed by atoms with Crippen molar-refractivity contribution >= 4 is 22.2 Å². The number of imidazole rings is 1. The zero-order valence-corrected chi connectivity index (χ0v) is 17.6. The summed E-state index contributed by atoms with van der Waals surface area (Å²) in [4.78, 5) is 11.3. The predicted molar refractivity (Wildman–Crippen MR) is 117 cm³/mol. The monoisotopic (exact) mass is 404 g/mol. The van der Waals surface area contributed by atoms with E-state index in [0.717, 1.165) is 41.1 Å². The van der Waals surface area contributed by atoms with Crippen molar-refractivity contribution in [2.75, 3.05) is 18.0 Å². The van der Waals surface area contributed by atoms with Gasteiger partial charge in [0.2, 0.25) is 0 Å².